The Balaban J connectivity index is 1.35. The van der Waals surface area contributed by atoms with Gasteiger partial charge in [-0.3, -0.25) is 24.1 Å². The molecule has 4 N–H and O–H groups in total. The Morgan fingerprint density at radius 1 is 0.896 bits per heavy atom. The summed E-state index contributed by atoms with van der Waals surface area (Å²) in [5.74, 6) is -1.40. The second-order valence-electron chi connectivity index (χ2n) is 12.6. The van der Waals surface area contributed by atoms with Gasteiger partial charge >= 0.3 is 0 Å². The molecule has 0 unspecified atom stereocenters. The average molecular weight is 656 g/mol. The molecule has 0 aromatic heterocycles. The minimum Gasteiger partial charge on any atom is -0.491 e. The molecule has 0 saturated carbocycles. The van der Waals surface area contributed by atoms with E-state index in [1.54, 1.807) is 48.5 Å². The molecule has 3 atom stereocenters. The van der Waals surface area contributed by atoms with Crippen LogP contribution in [0, 0.1) is 5.92 Å². The highest BCUT2D eigenvalue weighted by molar-refractivity contribution is 6.00. The fourth-order valence-corrected chi connectivity index (χ4v) is 5.75. The van der Waals surface area contributed by atoms with Crippen molar-refractivity contribution in [3.05, 3.63) is 101 Å². The minimum absolute atomic E-state index is 0.00844. The third-order valence-electron chi connectivity index (χ3n) is 8.63. The molecule has 0 bridgehead atoms. The van der Waals surface area contributed by atoms with Crippen molar-refractivity contribution in [1.29, 1.82) is 0 Å². The minimum atomic E-state index is -1.02. The van der Waals surface area contributed by atoms with Crippen LogP contribution in [-0.2, 0) is 32.2 Å². The maximum Gasteiger partial charge on any atom is 0.255 e. The molecule has 11 nitrogen and oxygen atoms in total. The summed E-state index contributed by atoms with van der Waals surface area (Å²) in [5, 5.41) is 11.7. The van der Waals surface area contributed by atoms with Crippen molar-refractivity contribution in [2.24, 2.45) is 5.92 Å². The number of hydrogen-bond donors (Lipinski definition) is 4. The Bertz CT molecular complexity index is 1560. The summed E-state index contributed by atoms with van der Waals surface area (Å²) in [6.45, 7) is 8.24. The van der Waals surface area contributed by atoms with E-state index in [4.69, 9.17) is 9.47 Å². The molecule has 2 heterocycles. The maximum atomic E-state index is 13.6. The van der Waals surface area contributed by atoms with Crippen LogP contribution in [0.25, 0.3) is 0 Å². The summed E-state index contributed by atoms with van der Waals surface area (Å²) in [5.41, 5.74) is 2.93. The fraction of sp³-hybridized carbons (Fsp3) is 0.405. The van der Waals surface area contributed by atoms with Crippen LogP contribution in [0.3, 0.4) is 0 Å². The van der Waals surface area contributed by atoms with Gasteiger partial charge in [-0.15, -0.1) is 0 Å². The Kier molecular flexibility index (Phi) is 12.2. The SMILES string of the molecule is CC(C)[C@@H]1COc2ccccc2C(=O)N[C@H](C(=O)NCc2cccc(CN3CCOCC3)c2)CCC(=O)N[C@@H](c2ccccc2)C(=O)N1. The van der Waals surface area contributed by atoms with Crippen molar-refractivity contribution in [2.45, 2.75) is 57.9 Å². The maximum absolute atomic E-state index is 13.6. The Morgan fingerprint density at radius 2 is 1.62 bits per heavy atom. The molecule has 3 aromatic carbocycles. The molecule has 5 rings (SSSR count). The van der Waals surface area contributed by atoms with Gasteiger partial charge in [0, 0.05) is 32.6 Å². The van der Waals surface area contributed by atoms with Crippen LogP contribution in [0.15, 0.2) is 78.9 Å². The number of carbonyl (C=O) groups is 4. The molecule has 1 saturated heterocycles. The summed E-state index contributed by atoms with van der Waals surface area (Å²) in [7, 11) is 0. The lowest BCUT2D eigenvalue weighted by atomic mass is 10.0. The van der Waals surface area contributed by atoms with E-state index in [0.29, 0.717) is 11.3 Å². The number of carbonyl (C=O) groups excluding carboxylic acids is 4. The van der Waals surface area contributed by atoms with Crippen LogP contribution in [-0.4, -0.2) is 73.5 Å². The van der Waals surface area contributed by atoms with Crippen LogP contribution in [0.5, 0.6) is 5.75 Å². The predicted octanol–water partition coefficient (Wildman–Crippen LogP) is 3.10. The van der Waals surface area contributed by atoms with Crippen molar-refractivity contribution < 1.29 is 28.7 Å². The molecule has 4 amide bonds. The van der Waals surface area contributed by atoms with E-state index in [2.05, 4.69) is 38.3 Å². The van der Waals surface area contributed by atoms with Gasteiger partial charge in [0.25, 0.3) is 5.91 Å². The number of nitrogens with one attached hydrogen (secondary N) is 4. The highest BCUT2D eigenvalue weighted by Gasteiger charge is 2.29. The average Bonchev–Trinajstić information content (AvgIpc) is 3.10. The third kappa shape index (κ3) is 9.65. The zero-order valence-electron chi connectivity index (χ0n) is 27.6. The normalized spacial score (nSPS) is 21.4. The molecule has 2 aliphatic heterocycles. The number of morpholine rings is 1. The topological polar surface area (TPSA) is 138 Å². The molecule has 48 heavy (non-hydrogen) atoms. The zero-order valence-corrected chi connectivity index (χ0v) is 27.6. The first-order chi connectivity index (χ1) is 23.3. The second-order valence-corrected chi connectivity index (χ2v) is 12.6. The number of hydrogen-bond acceptors (Lipinski definition) is 7. The third-order valence-corrected chi connectivity index (χ3v) is 8.63. The first-order valence-electron chi connectivity index (χ1n) is 16.6. The zero-order chi connectivity index (χ0) is 33.9. The lowest BCUT2D eigenvalue weighted by Gasteiger charge is -2.26. The van der Waals surface area contributed by atoms with E-state index in [0.717, 1.165) is 44.0 Å². The van der Waals surface area contributed by atoms with Gasteiger partial charge in [0.05, 0.1) is 24.8 Å². The molecule has 1 fully saturated rings. The van der Waals surface area contributed by atoms with E-state index in [-0.39, 0.29) is 43.4 Å². The molecule has 254 valence electrons. The summed E-state index contributed by atoms with van der Waals surface area (Å²) in [6.07, 6.45) is -0.0863. The van der Waals surface area contributed by atoms with Crippen LogP contribution in [0.4, 0.5) is 0 Å². The monoisotopic (exact) mass is 655 g/mol. The summed E-state index contributed by atoms with van der Waals surface area (Å²) in [6, 6.07) is 21.4. The van der Waals surface area contributed by atoms with Crippen molar-refractivity contribution in [1.82, 2.24) is 26.2 Å². The first kappa shape index (κ1) is 34.6. The van der Waals surface area contributed by atoms with Gasteiger partial charge in [-0.05, 0) is 41.2 Å². The molecule has 2 aliphatic rings. The first-order valence-corrected chi connectivity index (χ1v) is 16.6. The van der Waals surface area contributed by atoms with Gasteiger partial charge in [-0.1, -0.05) is 80.6 Å². The number of amides is 4. The van der Waals surface area contributed by atoms with E-state index in [1.165, 1.54) is 0 Å². The number of benzene rings is 3. The van der Waals surface area contributed by atoms with Gasteiger partial charge in [-0.25, -0.2) is 0 Å². The quantitative estimate of drug-likeness (QED) is 0.307. The molecule has 0 aliphatic carbocycles. The lowest BCUT2D eigenvalue weighted by molar-refractivity contribution is -0.130. The number of rotatable bonds is 7. The Labute approximate surface area is 281 Å². The molecule has 0 radical (unpaired) electrons. The molecule has 0 spiro atoms. The number of ether oxygens (including phenoxy) is 2. The van der Waals surface area contributed by atoms with E-state index in [1.807, 2.05) is 32.0 Å². The van der Waals surface area contributed by atoms with Crippen LogP contribution in [0.2, 0.25) is 0 Å². The van der Waals surface area contributed by atoms with Crippen LogP contribution in [0.1, 0.15) is 59.8 Å². The van der Waals surface area contributed by atoms with Crippen LogP contribution >= 0.6 is 0 Å². The second kappa shape index (κ2) is 16.9. The van der Waals surface area contributed by atoms with Gasteiger partial charge < -0.3 is 30.7 Å². The highest BCUT2D eigenvalue weighted by Crippen LogP contribution is 2.21. The summed E-state index contributed by atoms with van der Waals surface area (Å²) >= 11 is 0. The largest absolute Gasteiger partial charge is 0.491 e. The summed E-state index contributed by atoms with van der Waals surface area (Å²) < 4.78 is 11.6. The van der Waals surface area contributed by atoms with Gasteiger partial charge in [0.15, 0.2) is 0 Å². The van der Waals surface area contributed by atoms with Crippen molar-refractivity contribution in [2.75, 3.05) is 32.9 Å². The van der Waals surface area contributed by atoms with Crippen LogP contribution < -0.4 is 26.0 Å². The van der Waals surface area contributed by atoms with E-state index >= 15 is 0 Å². The van der Waals surface area contributed by atoms with E-state index in [9.17, 15) is 19.2 Å². The van der Waals surface area contributed by atoms with E-state index < -0.39 is 35.8 Å². The summed E-state index contributed by atoms with van der Waals surface area (Å²) in [4.78, 5) is 56.5. The van der Waals surface area contributed by atoms with Crippen molar-refractivity contribution in [3.8, 4) is 5.75 Å². The number of para-hydroxylation sites is 1. The Hall–Kier alpha value is -4.74. The number of nitrogens with zero attached hydrogens (tertiary/aromatic N) is 1. The van der Waals surface area contributed by atoms with Gasteiger partial charge in [0.2, 0.25) is 17.7 Å². The Morgan fingerprint density at radius 3 is 2.40 bits per heavy atom. The smallest absolute Gasteiger partial charge is 0.255 e. The molecular weight excluding hydrogens is 610 g/mol. The molecule has 3 aromatic rings. The highest BCUT2D eigenvalue weighted by atomic mass is 16.5. The predicted molar refractivity (Wildman–Crippen MR) is 181 cm³/mol. The molecular formula is C37H45N5O6. The molecule has 11 heteroatoms. The van der Waals surface area contributed by atoms with Crippen molar-refractivity contribution in [3.63, 3.8) is 0 Å². The van der Waals surface area contributed by atoms with Gasteiger partial charge in [0.1, 0.15) is 24.4 Å². The fourth-order valence-electron chi connectivity index (χ4n) is 5.75. The number of fused-ring (bicyclic) bond motifs is 1. The standard InChI is InChI=1S/C37H45N5O6/c1-25(2)31-24-48-32-14-7-6-13-29(32)35(44)39-30(15-16-33(43)41-34(37(46)40-31)28-11-4-3-5-12-28)36(45)38-22-26-9-8-10-27(21-26)23-42-17-19-47-20-18-42/h3-14,21,25,30-31,34H,15-20,22-24H2,1-2H3,(H,38,45)(H,39,44)(H,40,46)(H,41,43)/t30-,31-,34-/m0/s1. The van der Waals surface area contributed by atoms with Crippen molar-refractivity contribution >= 4 is 23.6 Å². The van der Waals surface area contributed by atoms with Gasteiger partial charge in [-0.2, -0.15) is 0 Å². The lowest BCUT2D eigenvalue weighted by Crippen LogP contribution is -2.48.